The first-order chi connectivity index (χ1) is 12.8. The Kier molecular flexibility index (Phi) is 6.14. The zero-order valence-electron chi connectivity index (χ0n) is 14.9. The number of amides is 2. The normalized spacial score (nSPS) is 14.0. The molecule has 0 unspecified atom stereocenters. The molecule has 26 heavy (non-hydrogen) atoms. The highest BCUT2D eigenvalue weighted by Gasteiger charge is 2.20. The van der Waals surface area contributed by atoms with Crippen LogP contribution in [0.4, 0.5) is 10.5 Å². The molecule has 1 aliphatic rings. The van der Waals surface area contributed by atoms with E-state index in [0.29, 0.717) is 13.2 Å². The largest absolute Gasteiger partial charge is 0.489 e. The number of urea groups is 1. The number of nitrogens with zero attached hydrogens (tertiary/aromatic N) is 2. The van der Waals surface area contributed by atoms with Gasteiger partial charge in [0.05, 0.1) is 0 Å². The van der Waals surface area contributed by atoms with Crippen molar-refractivity contribution in [1.82, 2.24) is 10.2 Å². The number of carbonyl (C=O) groups excluding carboxylic acids is 1. The highest BCUT2D eigenvalue weighted by atomic mass is 16.5. The Morgan fingerprint density at radius 1 is 1.04 bits per heavy atom. The summed E-state index contributed by atoms with van der Waals surface area (Å²) in [5.74, 6) is 0.861. The molecular formula is C21H25N3O2. The molecule has 2 aromatic carbocycles. The molecule has 5 heteroatoms. The number of rotatable bonds is 6. The van der Waals surface area contributed by atoms with Crippen LogP contribution in [0.3, 0.4) is 0 Å². The number of anilines is 1. The van der Waals surface area contributed by atoms with E-state index in [0.717, 1.165) is 43.2 Å². The minimum atomic E-state index is -0.0193. The molecule has 0 bridgehead atoms. The van der Waals surface area contributed by atoms with Crippen LogP contribution in [0.2, 0.25) is 0 Å². The molecule has 1 N–H and O–H groups in total. The van der Waals surface area contributed by atoms with Crippen LogP contribution >= 0.6 is 0 Å². The van der Waals surface area contributed by atoms with Crippen LogP contribution in [0.15, 0.2) is 67.3 Å². The van der Waals surface area contributed by atoms with Gasteiger partial charge in [-0.2, -0.15) is 0 Å². The van der Waals surface area contributed by atoms with Crippen LogP contribution < -0.4 is 15.0 Å². The molecule has 0 radical (unpaired) electrons. The fourth-order valence-corrected chi connectivity index (χ4v) is 2.93. The molecule has 0 aliphatic carbocycles. The third-order valence-corrected chi connectivity index (χ3v) is 4.41. The lowest BCUT2D eigenvalue weighted by atomic mass is 10.2. The minimum Gasteiger partial charge on any atom is -0.489 e. The standard InChI is InChI=1S/C21H25N3O2/c1-2-12-22-21(25)24-15-13-23(14-16-24)19-8-10-20(11-9-19)26-17-18-6-4-3-5-7-18/h2-11H,1,12-17H2,(H,22,25). The average molecular weight is 351 g/mol. The zero-order valence-corrected chi connectivity index (χ0v) is 14.9. The van der Waals surface area contributed by atoms with Crippen molar-refractivity contribution in [3.63, 3.8) is 0 Å². The number of nitrogens with one attached hydrogen (secondary N) is 1. The highest BCUT2D eigenvalue weighted by molar-refractivity contribution is 5.74. The van der Waals surface area contributed by atoms with Crippen LogP contribution in [-0.4, -0.2) is 43.7 Å². The van der Waals surface area contributed by atoms with E-state index in [1.54, 1.807) is 6.08 Å². The van der Waals surface area contributed by atoms with Crippen LogP contribution in [0.5, 0.6) is 5.75 Å². The molecule has 1 saturated heterocycles. The Bertz CT molecular complexity index is 708. The maximum atomic E-state index is 12.0. The first-order valence-corrected chi connectivity index (χ1v) is 8.91. The van der Waals surface area contributed by atoms with Crippen molar-refractivity contribution in [2.24, 2.45) is 0 Å². The maximum Gasteiger partial charge on any atom is 0.317 e. The van der Waals surface area contributed by atoms with Crippen LogP contribution in [0.25, 0.3) is 0 Å². The van der Waals surface area contributed by atoms with E-state index in [1.807, 2.05) is 35.2 Å². The van der Waals surface area contributed by atoms with Gasteiger partial charge in [-0.15, -0.1) is 6.58 Å². The number of hydrogen-bond donors (Lipinski definition) is 1. The lowest BCUT2D eigenvalue weighted by Crippen LogP contribution is -2.51. The molecule has 136 valence electrons. The van der Waals surface area contributed by atoms with E-state index < -0.39 is 0 Å². The van der Waals surface area contributed by atoms with Gasteiger partial charge in [-0.1, -0.05) is 36.4 Å². The Morgan fingerprint density at radius 2 is 1.73 bits per heavy atom. The average Bonchev–Trinajstić information content (AvgIpc) is 2.72. The van der Waals surface area contributed by atoms with E-state index in [9.17, 15) is 4.79 Å². The van der Waals surface area contributed by atoms with Crippen LogP contribution in [0, 0.1) is 0 Å². The molecule has 1 heterocycles. The van der Waals surface area contributed by atoms with Gasteiger partial charge < -0.3 is 19.9 Å². The first-order valence-electron chi connectivity index (χ1n) is 8.91. The van der Waals surface area contributed by atoms with Crippen molar-refractivity contribution in [3.05, 3.63) is 72.8 Å². The Balaban J connectivity index is 1.48. The second-order valence-electron chi connectivity index (χ2n) is 6.22. The summed E-state index contributed by atoms with van der Waals surface area (Å²) >= 11 is 0. The topological polar surface area (TPSA) is 44.8 Å². The van der Waals surface area contributed by atoms with E-state index >= 15 is 0 Å². The van der Waals surface area contributed by atoms with Gasteiger partial charge in [0.2, 0.25) is 0 Å². The quantitative estimate of drug-likeness (QED) is 0.813. The SMILES string of the molecule is C=CCNC(=O)N1CCN(c2ccc(OCc3ccccc3)cc2)CC1. The van der Waals surface area contributed by atoms with Gasteiger partial charge in [-0.25, -0.2) is 4.79 Å². The molecule has 1 aliphatic heterocycles. The van der Waals surface area contributed by atoms with E-state index in [-0.39, 0.29) is 6.03 Å². The number of piperazine rings is 1. The summed E-state index contributed by atoms with van der Waals surface area (Å²) < 4.78 is 5.83. The summed E-state index contributed by atoms with van der Waals surface area (Å²) in [6.07, 6.45) is 1.69. The maximum absolute atomic E-state index is 12.0. The zero-order chi connectivity index (χ0) is 18.2. The molecule has 5 nitrogen and oxygen atoms in total. The number of hydrogen-bond acceptors (Lipinski definition) is 3. The van der Waals surface area contributed by atoms with Crippen molar-refractivity contribution < 1.29 is 9.53 Å². The third-order valence-electron chi connectivity index (χ3n) is 4.41. The summed E-state index contributed by atoms with van der Waals surface area (Å²) in [6, 6.07) is 18.3. The highest BCUT2D eigenvalue weighted by Crippen LogP contribution is 2.21. The molecular weight excluding hydrogens is 326 g/mol. The molecule has 1 fully saturated rings. The van der Waals surface area contributed by atoms with Crippen LogP contribution in [0.1, 0.15) is 5.56 Å². The molecule has 2 aromatic rings. The van der Waals surface area contributed by atoms with Gasteiger partial charge in [0.25, 0.3) is 0 Å². The molecule has 2 amide bonds. The minimum absolute atomic E-state index is 0.0193. The van der Waals surface area contributed by atoms with Crippen molar-refractivity contribution >= 4 is 11.7 Å². The smallest absolute Gasteiger partial charge is 0.317 e. The van der Waals surface area contributed by atoms with Gasteiger partial charge in [0, 0.05) is 38.4 Å². The molecule has 0 spiro atoms. The van der Waals surface area contributed by atoms with E-state index in [2.05, 4.69) is 41.1 Å². The summed E-state index contributed by atoms with van der Waals surface area (Å²) in [6.45, 7) is 7.77. The van der Waals surface area contributed by atoms with E-state index in [1.165, 1.54) is 0 Å². The summed E-state index contributed by atoms with van der Waals surface area (Å²) in [7, 11) is 0. The lowest BCUT2D eigenvalue weighted by Gasteiger charge is -2.36. The Morgan fingerprint density at radius 3 is 2.38 bits per heavy atom. The summed E-state index contributed by atoms with van der Waals surface area (Å²) in [4.78, 5) is 16.1. The predicted molar refractivity (Wildman–Crippen MR) is 105 cm³/mol. The fourth-order valence-electron chi connectivity index (χ4n) is 2.93. The predicted octanol–water partition coefficient (Wildman–Crippen LogP) is 3.28. The van der Waals surface area contributed by atoms with Gasteiger partial charge in [-0.3, -0.25) is 0 Å². The van der Waals surface area contributed by atoms with Crippen molar-refractivity contribution in [2.45, 2.75) is 6.61 Å². The van der Waals surface area contributed by atoms with Crippen molar-refractivity contribution in [3.8, 4) is 5.75 Å². The molecule has 0 atom stereocenters. The lowest BCUT2D eigenvalue weighted by molar-refractivity contribution is 0.195. The number of ether oxygens (including phenoxy) is 1. The molecule has 3 rings (SSSR count). The second kappa shape index (κ2) is 8.94. The summed E-state index contributed by atoms with van der Waals surface area (Å²) in [5.41, 5.74) is 2.31. The summed E-state index contributed by atoms with van der Waals surface area (Å²) in [5, 5.41) is 2.83. The third kappa shape index (κ3) is 4.79. The fraction of sp³-hybridized carbons (Fsp3) is 0.286. The molecule has 0 aromatic heterocycles. The van der Waals surface area contributed by atoms with Gasteiger partial charge >= 0.3 is 6.03 Å². The van der Waals surface area contributed by atoms with Gasteiger partial charge in [0.1, 0.15) is 12.4 Å². The number of benzene rings is 2. The monoisotopic (exact) mass is 351 g/mol. The van der Waals surface area contributed by atoms with Gasteiger partial charge in [0.15, 0.2) is 0 Å². The Hall–Kier alpha value is -2.95. The van der Waals surface area contributed by atoms with Gasteiger partial charge in [-0.05, 0) is 29.8 Å². The molecule has 0 saturated carbocycles. The van der Waals surface area contributed by atoms with Crippen molar-refractivity contribution in [1.29, 1.82) is 0 Å². The van der Waals surface area contributed by atoms with E-state index in [4.69, 9.17) is 4.74 Å². The van der Waals surface area contributed by atoms with Crippen molar-refractivity contribution in [2.75, 3.05) is 37.6 Å². The number of carbonyl (C=O) groups is 1. The second-order valence-corrected chi connectivity index (χ2v) is 6.22. The first kappa shape index (κ1) is 17.9. The van der Waals surface area contributed by atoms with Crippen LogP contribution in [-0.2, 0) is 6.61 Å². The Labute approximate surface area is 154 Å².